The molecule has 3 heterocycles. The lowest BCUT2D eigenvalue weighted by Gasteiger charge is -2.42. The van der Waals surface area contributed by atoms with Crippen molar-refractivity contribution in [3.05, 3.63) is 78.1 Å². The first kappa shape index (κ1) is 30.9. The first-order valence-electron chi connectivity index (χ1n) is 15.9. The Morgan fingerprint density at radius 3 is 2.81 bits per heavy atom. The van der Waals surface area contributed by atoms with Crippen LogP contribution >= 0.6 is 0 Å². The van der Waals surface area contributed by atoms with Gasteiger partial charge in [0.2, 0.25) is 12.7 Å². The molecule has 0 bridgehead atoms. The van der Waals surface area contributed by atoms with Crippen molar-refractivity contribution in [2.75, 3.05) is 33.0 Å². The van der Waals surface area contributed by atoms with Gasteiger partial charge in [0.25, 0.3) is 0 Å². The number of fused-ring (bicyclic) bond motifs is 1. The van der Waals surface area contributed by atoms with E-state index in [1.54, 1.807) is 6.08 Å². The van der Waals surface area contributed by atoms with Gasteiger partial charge in [-0.1, -0.05) is 50.3 Å². The predicted molar refractivity (Wildman–Crippen MR) is 175 cm³/mol. The van der Waals surface area contributed by atoms with Gasteiger partial charge < -0.3 is 20.1 Å². The normalized spacial score (nSPS) is 26.5. The number of benzene rings is 1. The van der Waals surface area contributed by atoms with Crippen molar-refractivity contribution in [1.82, 2.24) is 9.80 Å². The third kappa shape index (κ3) is 6.82. The van der Waals surface area contributed by atoms with Crippen LogP contribution in [-0.4, -0.2) is 66.0 Å². The molecule has 7 heteroatoms. The van der Waals surface area contributed by atoms with Crippen LogP contribution in [0.4, 0.5) is 0 Å². The Labute approximate surface area is 257 Å². The smallest absolute Gasteiger partial charge is 0.237 e. The summed E-state index contributed by atoms with van der Waals surface area (Å²) >= 11 is 0. The van der Waals surface area contributed by atoms with Crippen LogP contribution in [-0.2, 0) is 4.79 Å². The average molecular weight is 585 g/mol. The Morgan fingerprint density at radius 1 is 1.28 bits per heavy atom. The van der Waals surface area contributed by atoms with Crippen molar-refractivity contribution in [2.24, 2.45) is 10.7 Å². The molecule has 1 aliphatic carbocycles. The second-order valence-corrected chi connectivity index (χ2v) is 12.8. The van der Waals surface area contributed by atoms with Crippen molar-refractivity contribution in [3.63, 3.8) is 0 Å². The third-order valence-corrected chi connectivity index (χ3v) is 9.55. The minimum atomic E-state index is -0.413. The van der Waals surface area contributed by atoms with Gasteiger partial charge in [-0.05, 0) is 93.7 Å². The fraction of sp³-hybridized carbons (Fsp3) is 0.500. The van der Waals surface area contributed by atoms with Gasteiger partial charge in [-0.2, -0.15) is 0 Å². The van der Waals surface area contributed by atoms with Crippen LogP contribution in [0.1, 0.15) is 82.8 Å². The fourth-order valence-electron chi connectivity index (χ4n) is 6.75. The molecule has 43 heavy (non-hydrogen) atoms. The van der Waals surface area contributed by atoms with E-state index in [9.17, 15) is 4.79 Å². The van der Waals surface area contributed by atoms with Crippen LogP contribution in [0, 0.1) is 0 Å². The van der Waals surface area contributed by atoms with E-state index in [1.807, 2.05) is 30.5 Å². The highest BCUT2D eigenvalue weighted by Gasteiger charge is 2.45. The molecule has 230 valence electrons. The topological polar surface area (TPSA) is 80.4 Å². The number of carbonyl (C=O) groups is 1. The number of rotatable bonds is 13. The number of ether oxygens (including phenoxy) is 2. The SMILES string of the molecule is C=C/C=C\C=C(/N)CCC1(C)C[C@@H](c2cc3c(c(C4=CCC4)c2)OCO3)CN1CC(=O)N(CCCC)C1(C)C=CC=NC1. The number of unbranched alkanes of at least 4 members (excludes halogenated alkanes) is 1. The predicted octanol–water partition coefficient (Wildman–Crippen LogP) is 6.53. The molecular weight excluding hydrogens is 536 g/mol. The van der Waals surface area contributed by atoms with Gasteiger partial charge >= 0.3 is 0 Å². The van der Waals surface area contributed by atoms with Crippen LogP contribution in [0.15, 0.2) is 71.9 Å². The molecule has 2 N–H and O–H groups in total. The largest absolute Gasteiger partial charge is 0.454 e. The molecule has 5 rings (SSSR count). The molecular formula is C36H48N4O3. The summed E-state index contributed by atoms with van der Waals surface area (Å²) in [6, 6.07) is 4.47. The number of allylic oxidation sites excluding steroid dienone is 8. The van der Waals surface area contributed by atoms with Crippen molar-refractivity contribution >= 4 is 17.7 Å². The molecule has 1 aromatic rings. The van der Waals surface area contributed by atoms with Crippen LogP contribution in [0.25, 0.3) is 5.57 Å². The summed E-state index contributed by atoms with van der Waals surface area (Å²) in [5.41, 5.74) is 10.4. The van der Waals surface area contributed by atoms with Gasteiger partial charge in [0, 0.05) is 36.1 Å². The number of aliphatic imine (C=N–C) groups is 1. The van der Waals surface area contributed by atoms with Crippen LogP contribution in [0.5, 0.6) is 11.5 Å². The maximum absolute atomic E-state index is 14.2. The highest BCUT2D eigenvalue weighted by atomic mass is 16.7. The highest BCUT2D eigenvalue weighted by molar-refractivity contribution is 5.81. The van der Waals surface area contributed by atoms with Crippen molar-refractivity contribution in [3.8, 4) is 11.5 Å². The molecule has 0 radical (unpaired) electrons. The Morgan fingerprint density at radius 2 is 2.12 bits per heavy atom. The Hall–Kier alpha value is -3.58. The fourth-order valence-corrected chi connectivity index (χ4v) is 6.75. The van der Waals surface area contributed by atoms with Crippen LogP contribution < -0.4 is 15.2 Å². The van der Waals surface area contributed by atoms with Crippen LogP contribution in [0.2, 0.25) is 0 Å². The molecule has 0 aromatic heterocycles. The second kappa shape index (κ2) is 13.4. The molecule has 4 aliphatic rings. The molecule has 7 nitrogen and oxygen atoms in total. The summed E-state index contributed by atoms with van der Waals surface area (Å²) in [5, 5.41) is 0. The first-order valence-corrected chi connectivity index (χ1v) is 15.9. The number of nitrogens with zero attached hydrogens (tertiary/aromatic N) is 3. The number of dihydropyridines is 1. The van der Waals surface area contributed by atoms with Crippen LogP contribution in [0.3, 0.4) is 0 Å². The lowest BCUT2D eigenvalue weighted by atomic mass is 9.84. The number of hydrogen-bond acceptors (Lipinski definition) is 6. The zero-order chi connectivity index (χ0) is 30.5. The van der Waals surface area contributed by atoms with E-state index >= 15 is 0 Å². The number of carbonyl (C=O) groups excluding carboxylic acids is 1. The summed E-state index contributed by atoms with van der Waals surface area (Å²) in [5.74, 6) is 2.13. The molecule has 0 saturated carbocycles. The van der Waals surface area contributed by atoms with Gasteiger partial charge in [-0.3, -0.25) is 14.7 Å². The van der Waals surface area contributed by atoms with E-state index in [1.165, 1.54) is 11.1 Å². The van der Waals surface area contributed by atoms with Gasteiger partial charge in [-0.25, -0.2) is 0 Å². The summed E-state index contributed by atoms with van der Waals surface area (Å²) in [6.45, 7) is 13.1. The summed E-state index contributed by atoms with van der Waals surface area (Å²) in [7, 11) is 0. The van der Waals surface area contributed by atoms with Crippen molar-refractivity contribution < 1.29 is 14.3 Å². The van der Waals surface area contributed by atoms with E-state index in [-0.39, 0.29) is 24.2 Å². The maximum Gasteiger partial charge on any atom is 0.237 e. The van der Waals surface area contributed by atoms with Crippen molar-refractivity contribution in [2.45, 2.75) is 82.7 Å². The zero-order valence-electron chi connectivity index (χ0n) is 26.2. The Bertz CT molecular complexity index is 1360. The molecule has 0 spiro atoms. The monoisotopic (exact) mass is 584 g/mol. The van der Waals surface area contributed by atoms with Gasteiger partial charge in [0.15, 0.2) is 11.5 Å². The third-order valence-electron chi connectivity index (χ3n) is 9.55. The Kier molecular flexibility index (Phi) is 9.60. The zero-order valence-corrected chi connectivity index (χ0v) is 26.2. The lowest BCUT2D eigenvalue weighted by molar-refractivity contribution is -0.137. The number of likely N-dealkylation sites (tertiary alicyclic amines) is 1. The summed E-state index contributed by atoms with van der Waals surface area (Å²) in [4.78, 5) is 23.2. The number of nitrogens with two attached hydrogens (primary N) is 1. The van der Waals surface area contributed by atoms with E-state index < -0.39 is 5.54 Å². The first-order chi connectivity index (χ1) is 20.8. The molecule has 2 unspecified atom stereocenters. The lowest BCUT2D eigenvalue weighted by Crippen LogP contribution is -2.56. The molecule has 1 fully saturated rings. The molecule has 3 aliphatic heterocycles. The average Bonchev–Trinajstić information content (AvgIpc) is 3.56. The minimum Gasteiger partial charge on any atom is -0.454 e. The number of hydrogen-bond donors (Lipinski definition) is 1. The molecule has 3 atom stereocenters. The van der Waals surface area contributed by atoms with E-state index in [0.29, 0.717) is 13.1 Å². The standard InChI is InChI=1S/C36H48N4O3/c1-5-7-9-14-30(37)15-17-35(3)22-29(28-20-31(27-12-10-13-27)34-32(21-28)42-26-43-34)23-39(35)24-33(41)40(19-8-6-2)36(4)16-11-18-38-25-36/h5,7,9,11-12,14,16,18,20-21,29H,1,6,8,10,13,15,17,19,22-26,37H2,2-4H3/b9-7-,30-14-/t29-,35?,36?/m1/s1. The highest BCUT2D eigenvalue weighted by Crippen LogP contribution is 2.48. The molecule has 1 aromatic carbocycles. The van der Waals surface area contributed by atoms with Gasteiger partial charge in [0.1, 0.15) is 0 Å². The Balaban J connectivity index is 1.42. The number of amides is 1. The van der Waals surface area contributed by atoms with E-state index in [0.717, 1.165) is 80.8 Å². The second-order valence-electron chi connectivity index (χ2n) is 12.8. The maximum atomic E-state index is 14.2. The summed E-state index contributed by atoms with van der Waals surface area (Å²) < 4.78 is 11.8. The van der Waals surface area contributed by atoms with Crippen molar-refractivity contribution in [1.29, 1.82) is 0 Å². The van der Waals surface area contributed by atoms with E-state index in [2.05, 4.69) is 66.4 Å². The molecule has 1 amide bonds. The van der Waals surface area contributed by atoms with E-state index in [4.69, 9.17) is 15.2 Å². The van der Waals surface area contributed by atoms with Gasteiger partial charge in [-0.15, -0.1) is 0 Å². The minimum absolute atomic E-state index is 0.160. The molecule has 1 saturated heterocycles. The summed E-state index contributed by atoms with van der Waals surface area (Å²) in [6.07, 6.45) is 22.5. The quantitative estimate of drug-likeness (QED) is 0.267. The van der Waals surface area contributed by atoms with Gasteiger partial charge in [0.05, 0.1) is 18.6 Å².